The Bertz CT molecular complexity index is 852. The third-order valence-electron chi connectivity index (χ3n) is 3.28. The molecule has 0 saturated heterocycles. The van der Waals surface area contributed by atoms with Gasteiger partial charge in [-0.25, -0.2) is 4.79 Å². The molecule has 0 aliphatic heterocycles. The van der Waals surface area contributed by atoms with Crippen LogP contribution < -0.4 is 5.32 Å². The van der Waals surface area contributed by atoms with Crippen molar-refractivity contribution in [3.05, 3.63) is 59.7 Å². The van der Waals surface area contributed by atoms with Crippen LogP contribution in [0.3, 0.4) is 0 Å². The molecule has 2 rings (SSSR count). The van der Waals surface area contributed by atoms with Crippen LogP contribution in [0.1, 0.15) is 22.8 Å². The minimum absolute atomic E-state index is 0.0464. The number of nitriles is 1. The van der Waals surface area contributed by atoms with Crippen LogP contribution in [0.5, 0.6) is 0 Å². The zero-order chi connectivity index (χ0) is 19.1. The Labute approximate surface area is 153 Å². The van der Waals surface area contributed by atoms with Gasteiger partial charge in [0.2, 0.25) is 0 Å². The number of thioether (sulfide) groups is 1. The Balaban J connectivity index is 2.07. The van der Waals surface area contributed by atoms with E-state index in [0.29, 0.717) is 0 Å². The quantitative estimate of drug-likeness (QED) is 0.608. The molecule has 0 radical (unpaired) electrons. The van der Waals surface area contributed by atoms with Crippen molar-refractivity contribution in [2.75, 3.05) is 5.32 Å². The maximum Gasteiger partial charge on any atom is 0.340 e. The molecule has 2 aromatic carbocycles. The van der Waals surface area contributed by atoms with Crippen molar-refractivity contribution in [3.63, 3.8) is 0 Å². The summed E-state index contributed by atoms with van der Waals surface area (Å²) in [6, 6.07) is 14.1. The molecule has 2 aromatic rings. The number of alkyl halides is 2. The summed E-state index contributed by atoms with van der Waals surface area (Å²) in [5.41, 5.74) is 0.504. The van der Waals surface area contributed by atoms with Gasteiger partial charge in [-0.15, -0.1) is 0 Å². The number of carbonyl (C=O) groups excluding carboxylic acids is 2. The number of carbonyl (C=O) groups is 2. The monoisotopic (exact) mass is 376 g/mol. The number of hydrogen-bond donors (Lipinski definition) is 1. The summed E-state index contributed by atoms with van der Waals surface area (Å²) in [7, 11) is 0. The van der Waals surface area contributed by atoms with Crippen LogP contribution >= 0.6 is 11.8 Å². The van der Waals surface area contributed by atoms with E-state index >= 15 is 0 Å². The van der Waals surface area contributed by atoms with Gasteiger partial charge >= 0.3 is 5.97 Å². The van der Waals surface area contributed by atoms with Gasteiger partial charge in [-0.05, 0) is 31.2 Å². The molecule has 0 aliphatic carbocycles. The second kappa shape index (κ2) is 8.97. The van der Waals surface area contributed by atoms with Crippen LogP contribution in [0, 0.1) is 11.3 Å². The number of anilines is 1. The molecule has 0 heterocycles. The molecular weight excluding hydrogens is 362 g/mol. The van der Waals surface area contributed by atoms with Crippen LogP contribution in [0.15, 0.2) is 53.4 Å². The molecule has 134 valence electrons. The zero-order valence-corrected chi connectivity index (χ0v) is 14.4. The summed E-state index contributed by atoms with van der Waals surface area (Å²) in [5.74, 6) is -4.21. The van der Waals surface area contributed by atoms with E-state index in [9.17, 15) is 18.4 Å². The van der Waals surface area contributed by atoms with Crippen LogP contribution in [0.4, 0.5) is 14.5 Å². The Hall–Kier alpha value is -2.92. The first-order valence-corrected chi connectivity index (χ1v) is 8.35. The Morgan fingerprint density at radius 3 is 2.50 bits per heavy atom. The van der Waals surface area contributed by atoms with Gasteiger partial charge in [0.1, 0.15) is 6.07 Å². The highest BCUT2D eigenvalue weighted by molar-refractivity contribution is 7.99. The summed E-state index contributed by atoms with van der Waals surface area (Å²) in [6.45, 7) is 1.35. The Morgan fingerprint density at radius 1 is 1.15 bits per heavy atom. The lowest BCUT2D eigenvalue weighted by Gasteiger charge is -2.15. The van der Waals surface area contributed by atoms with Crippen LogP contribution in [-0.4, -0.2) is 23.7 Å². The van der Waals surface area contributed by atoms with Crippen molar-refractivity contribution in [2.24, 2.45) is 0 Å². The number of nitrogens with zero attached hydrogens (tertiary/aromatic N) is 1. The maximum absolute atomic E-state index is 12.6. The van der Waals surface area contributed by atoms with E-state index in [0.717, 1.165) is 0 Å². The molecule has 0 saturated carbocycles. The smallest absolute Gasteiger partial charge is 0.340 e. The van der Waals surface area contributed by atoms with E-state index < -0.39 is 23.7 Å². The van der Waals surface area contributed by atoms with Crippen molar-refractivity contribution in [1.29, 1.82) is 5.26 Å². The highest BCUT2D eigenvalue weighted by Crippen LogP contribution is 2.29. The van der Waals surface area contributed by atoms with E-state index in [4.69, 9.17) is 10.00 Å². The third-order valence-corrected chi connectivity index (χ3v) is 4.07. The van der Waals surface area contributed by atoms with E-state index in [-0.39, 0.29) is 33.5 Å². The largest absolute Gasteiger partial charge is 0.449 e. The normalized spacial score (nSPS) is 11.5. The lowest BCUT2D eigenvalue weighted by molar-refractivity contribution is -0.123. The fourth-order valence-corrected chi connectivity index (χ4v) is 2.66. The number of rotatable bonds is 6. The van der Waals surface area contributed by atoms with Crippen LogP contribution in [-0.2, 0) is 9.53 Å². The SMILES string of the molecule is C[C@H](OC(=O)c1ccccc1SC(F)F)C(=O)Nc1ccccc1C#N. The summed E-state index contributed by atoms with van der Waals surface area (Å²) in [4.78, 5) is 24.5. The highest BCUT2D eigenvalue weighted by Gasteiger charge is 2.22. The number of halogens is 2. The van der Waals surface area contributed by atoms with Crippen molar-refractivity contribution in [2.45, 2.75) is 23.7 Å². The molecular formula is C18H14F2N2O3S. The molecule has 1 N–H and O–H groups in total. The molecule has 0 aromatic heterocycles. The second-order valence-corrected chi connectivity index (χ2v) is 6.10. The first-order chi connectivity index (χ1) is 12.4. The van der Waals surface area contributed by atoms with E-state index in [1.165, 1.54) is 37.3 Å². The molecule has 8 heteroatoms. The zero-order valence-electron chi connectivity index (χ0n) is 13.6. The van der Waals surface area contributed by atoms with E-state index in [1.807, 2.05) is 6.07 Å². The minimum Gasteiger partial charge on any atom is -0.449 e. The van der Waals surface area contributed by atoms with E-state index in [2.05, 4.69) is 5.32 Å². The fourth-order valence-electron chi connectivity index (χ4n) is 2.04. The van der Waals surface area contributed by atoms with Gasteiger partial charge in [0.25, 0.3) is 11.7 Å². The summed E-state index contributed by atoms with van der Waals surface area (Å²) >= 11 is 0.226. The van der Waals surface area contributed by atoms with Crippen molar-refractivity contribution >= 4 is 29.3 Å². The number of ether oxygens (including phenoxy) is 1. The minimum atomic E-state index is -2.69. The Kier molecular flexibility index (Phi) is 6.69. The summed E-state index contributed by atoms with van der Waals surface area (Å²) < 4.78 is 30.3. The number of amides is 1. The number of benzene rings is 2. The second-order valence-electron chi connectivity index (χ2n) is 5.07. The third kappa shape index (κ3) is 5.04. The first-order valence-electron chi connectivity index (χ1n) is 7.47. The lowest BCUT2D eigenvalue weighted by Crippen LogP contribution is -2.30. The van der Waals surface area contributed by atoms with Gasteiger partial charge in [0.05, 0.1) is 16.8 Å². The molecule has 1 atom stereocenters. The Morgan fingerprint density at radius 2 is 1.81 bits per heavy atom. The number of esters is 1. The highest BCUT2D eigenvalue weighted by atomic mass is 32.2. The predicted molar refractivity (Wildman–Crippen MR) is 93.0 cm³/mol. The number of hydrogen-bond acceptors (Lipinski definition) is 5. The average molecular weight is 376 g/mol. The summed E-state index contributed by atoms with van der Waals surface area (Å²) in [5, 5.41) is 11.5. The number of para-hydroxylation sites is 1. The molecule has 0 fully saturated rings. The molecule has 0 aliphatic rings. The standard InChI is InChI=1S/C18H14F2N2O3S/c1-11(16(23)22-14-8-4-2-6-12(14)10-21)25-17(24)13-7-3-5-9-15(13)26-18(19)20/h2-9,11,18H,1H3,(H,22,23)/t11-/m0/s1. The van der Waals surface area contributed by atoms with Gasteiger partial charge in [-0.1, -0.05) is 36.0 Å². The topological polar surface area (TPSA) is 79.2 Å². The van der Waals surface area contributed by atoms with Gasteiger partial charge in [-0.3, -0.25) is 4.79 Å². The maximum atomic E-state index is 12.6. The van der Waals surface area contributed by atoms with E-state index in [1.54, 1.807) is 18.2 Å². The molecule has 0 unspecified atom stereocenters. The molecule has 5 nitrogen and oxygen atoms in total. The van der Waals surface area contributed by atoms with Gasteiger partial charge in [0, 0.05) is 4.90 Å². The molecule has 0 bridgehead atoms. The number of nitrogens with one attached hydrogen (secondary N) is 1. The average Bonchev–Trinajstić information content (AvgIpc) is 2.62. The fraction of sp³-hybridized carbons (Fsp3) is 0.167. The van der Waals surface area contributed by atoms with Gasteiger partial charge < -0.3 is 10.1 Å². The first kappa shape index (κ1) is 19.4. The summed E-state index contributed by atoms with van der Waals surface area (Å²) in [6.07, 6.45) is -1.18. The van der Waals surface area contributed by atoms with Gasteiger partial charge in [0.15, 0.2) is 6.10 Å². The predicted octanol–water partition coefficient (Wildman–Crippen LogP) is 4.06. The van der Waals surface area contributed by atoms with Crippen molar-refractivity contribution < 1.29 is 23.1 Å². The van der Waals surface area contributed by atoms with Gasteiger partial charge in [-0.2, -0.15) is 14.0 Å². The molecule has 1 amide bonds. The molecule has 0 spiro atoms. The van der Waals surface area contributed by atoms with Crippen molar-refractivity contribution in [3.8, 4) is 6.07 Å². The van der Waals surface area contributed by atoms with Crippen molar-refractivity contribution in [1.82, 2.24) is 0 Å². The lowest BCUT2D eigenvalue weighted by atomic mass is 10.2. The molecule has 26 heavy (non-hydrogen) atoms. The van der Waals surface area contributed by atoms with Crippen LogP contribution in [0.25, 0.3) is 0 Å². The van der Waals surface area contributed by atoms with Crippen LogP contribution in [0.2, 0.25) is 0 Å².